The smallest absolute Gasteiger partial charge is 0.123 e. The number of hydrogen-bond acceptors (Lipinski definition) is 3. The van der Waals surface area contributed by atoms with E-state index >= 15 is 0 Å². The van der Waals surface area contributed by atoms with Crippen molar-refractivity contribution < 1.29 is 0 Å². The number of rotatable bonds is 1. The average Bonchev–Trinajstić information content (AvgIpc) is 2.86. The zero-order valence-corrected chi connectivity index (χ0v) is 13.7. The third-order valence-electron chi connectivity index (χ3n) is 3.95. The summed E-state index contributed by atoms with van der Waals surface area (Å²) in [5.74, 6) is 2.40. The Kier molecular flexibility index (Phi) is 3.71. The molecule has 2 aromatic rings. The van der Waals surface area contributed by atoms with Gasteiger partial charge in [0.2, 0.25) is 0 Å². The summed E-state index contributed by atoms with van der Waals surface area (Å²) in [7, 11) is 0. The van der Waals surface area contributed by atoms with Crippen molar-refractivity contribution >= 4 is 22.8 Å². The van der Waals surface area contributed by atoms with Gasteiger partial charge in [-0.25, -0.2) is 4.98 Å². The molecular formula is C17H21N3S. The molecule has 3 rings (SSSR count). The van der Waals surface area contributed by atoms with Crippen molar-refractivity contribution in [1.29, 1.82) is 5.26 Å². The Bertz CT molecular complexity index is 697. The van der Waals surface area contributed by atoms with E-state index in [2.05, 4.69) is 31.4 Å². The normalized spacial score (nSPS) is 19.6. The third-order valence-corrected chi connectivity index (χ3v) is 5.32. The molecule has 21 heavy (non-hydrogen) atoms. The molecule has 4 heteroatoms. The Morgan fingerprint density at radius 3 is 2.76 bits per heavy atom. The molecule has 1 atom stereocenters. The van der Waals surface area contributed by atoms with Crippen LogP contribution in [0, 0.1) is 11.3 Å². The zero-order valence-electron chi connectivity index (χ0n) is 12.9. The summed E-state index contributed by atoms with van der Waals surface area (Å²) in [5, 5.41) is 9.58. The Balaban J connectivity index is 2.19. The molecule has 1 aromatic heterocycles. The molecular weight excluding hydrogens is 278 g/mol. The summed E-state index contributed by atoms with van der Waals surface area (Å²) in [6.07, 6.45) is 3.80. The molecule has 0 bridgehead atoms. The molecule has 110 valence electrons. The van der Waals surface area contributed by atoms with Gasteiger partial charge in [-0.05, 0) is 57.6 Å². The van der Waals surface area contributed by atoms with Gasteiger partial charge < -0.3 is 4.57 Å². The van der Waals surface area contributed by atoms with E-state index in [-0.39, 0.29) is 5.54 Å². The van der Waals surface area contributed by atoms with Gasteiger partial charge in [0.15, 0.2) is 0 Å². The van der Waals surface area contributed by atoms with Crippen LogP contribution < -0.4 is 0 Å². The lowest BCUT2D eigenvalue weighted by Gasteiger charge is -2.29. The van der Waals surface area contributed by atoms with Gasteiger partial charge >= 0.3 is 0 Å². The maximum absolute atomic E-state index is 9.09. The van der Waals surface area contributed by atoms with Gasteiger partial charge in [-0.2, -0.15) is 17.0 Å². The van der Waals surface area contributed by atoms with Crippen molar-refractivity contribution in [3.8, 4) is 6.07 Å². The highest BCUT2D eigenvalue weighted by atomic mass is 32.2. The number of fused-ring (bicyclic) bond motifs is 1. The minimum atomic E-state index is -0.00372. The summed E-state index contributed by atoms with van der Waals surface area (Å²) >= 11 is 2.02. The minimum Gasteiger partial charge on any atom is -0.322 e. The van der Waals surface area contributed by atoms with Gasteiger partial charge in [-0.1, -0.05) is 6.42 Å². The van der Waals surface area contributed by atoms with Crippen LogP contribution in [0.2, 0.25) is 0 Å². The Morgan fingerprint density at radius 1 is 1.33 bits per heavy atom. The van der Waals surface area contributed by atoms with Crippen LogP contribution in [0.25, 0.3) is 11.0 Å². The second-order valence-electron chi connectivity index (χ2n) is 6.65. The fraction of sp³-hybridized carbons (Fsp3) is 0.529. The highest BCUT2D eigenvalue weighted by molar-refractivity contribution is 7.99. The zero-order chi connectivity index (χ0) is 15.0. The van der Waals surface area contributed by atoms with E-state index in [1.165, 1.54) is 30.8 Å². The fourth-order valence-corrected chi connectivity index (χ4v) is 4.33. The predicted octanol–water partition coefficient (Wildman–Crippen LogP) is 4.62. The Labute approximate surface area is 130 Å². The monoisotopic (exact) mass is 299 g/mol. The summed E-state index contributed by atoms with van der Waals surface area (Å²) in [4.78, 5) is 4.90. The van der Waals surface area contributed by atoms with Crippen molar-refractivity contribution in [2.45, 2.75) is 50.8 Å². The van der Waals surface area contributed by atoms with Crippen molar-refractivity contribution in [2.24, 2.45) is 0 Å². The van der Waals surface area contributed by atoms with Gasteiger partial charge in [-0.3, -0.25) is 0 Å². The van der Waals surface area contributed by atoms with Gasteiger partial charge in [0.05, 0.1) is 27.9 Å². The Hall–Kier alpha value is -1.47. The maximum Gasteiger partial charge on any atom is 0.123 e. The molecule has 1 aromatic carbocycles. The van der Waals surface area contributed by atoms with E-state index in [4.69, 9.17) is 10.2 Å². The van der Waals surface area contributed by atoms with Gasteiger partial charge in [-0.15, -0.1) is 0 Å². The summed E-state index contributed by atoms with van der Waals surface area (Å²) in [6.45, 7) is 6.68. The molecule has 3 nitrogen and oxygen atoms in total. The van der Waals surface area contributed by atoms with E-state index in [0.29, 0.717) is 10.8 Å². The molecule has 1 saturated heterocycles. The predicted molar refractivity (Wildman–Crippen MR) is 88.5 cm³/mol. The van der Waals surface area contributed by atoms with Crippen LogP contribution in [0.5, 0.6) is 0 Å². The maximum atomic E-state index is 9.09. The average molecular weight is 299 g/mol. The molecule has 0 spiro atoms. The number of aromatic nitrogens is 2. The van der Waals surface area contributed by atoms with E-state index in [0.717, 1.165) is 11.0 Å². The molecule has 1 aliphatic rings. The SMILES string of the molecule is CC(C)(C)n1c(C2CCCCS2)nc2cc(C#N)ccc21. The van der Waals surface area contributed by atoms with E-state index < -0.39 is 0 Å². The van der Waals surface area contributed by atoms with E-state index in [1.54, 1.807) is 0 Å². The van der Waals surface area contributed by atoms with Crippen molar-refractivity contribution in [1.82, 2.24) is 9.55 Å². The molecule has 0 N–H and O–H groups in total. The summed E-state index contributed by atoms with van der Waals surface area (Å²) in [6, 6.07) is 8.06. The highest BCUT2D eigenvalue weighted by Gasteiger charge is 2.28. The topological polar surface area (TPSA) is 41.6 Å². The second-order valence-corrected chi connectivity index (χ2v) is 7.96. The number of nitriles is 1. The lowest BCUT2D eigenvalue weighted by molar-refractivity contribution is 0.390. The highest BCUT2D eigenvalue weighted by Crippen LogP contribution is 2.40. The van der Waals surface area contributed by atoms with E-state index in [1.807, 2.05) is 30.0 Å². The van der Waals surface area contributed by atoms with Gasteiger partial charge in [0, 0.05) is 5.54 Å². The second kappa shape index (κ2) is 5.38. The van der Waals surface area contributed by atoms with Crippen LogP contribution in [-0.4, -0.2) is 15.3 Å². The van der Waals surface area contributed by atoms with Crippen LogP contribution in [0.4, 0.5) is 0 Å². The van der Waals surface area contributed by atoms with Crippen LogP contribution in [0.15, 0.2) is 18.2 Å². The number of thioether (sulfide) groups is 1. The lowest BCUT2D eigenvalue weighted by Crippen LogP contribution is -2.25. The number of imidazole rings is 1. The van der Waals surface area contributed by atoms with Gasteiger partial charge in [0.1, 0.15) is 5.82 Å². The molecule has 0 amide bonds. The standard InChI is InChI=1S/C17H21N3S/c1-17(2,3)20-14-8-7-12(11-18)10-13(14)19-16(20)15-6-4-5-9-21-15/h7-8,10,15H,4-6,9H2,1-3H3. The molecule has 1 aliphatic heterocycles. The van der Waals surface area contributed by atoms with E-state index in [9.17, 15) is 0 Å². The van der Waals surface area contributed by atoms with Crippen LogP contribution >= 0.6 is 11.8 Å². The molecule has 0 radical (unpaired) electrons. The first-order valence-corrected chi connectivity index (χ1v) is 8.60. The first-order valence-electron chi connectivity index (χ1n) is 7.55. The van der Waals surface area contributed by atoms with Crippen LogP contribution in [-0.2, 0) is 5.54 Å². The first kappa shape index (κ1) is 14.5. The molecule has 0 saturated carbocycles. The molecule has 1 fully saturated rings. The van der Waals surface area contributed by atoms with Crippen molar-refractivity contribution in [3.63, 3.8) is 0 Å². The lowest BCUT2D eigenvalue weighted by atomic mass is 10.1. The molecule has 0 aliphatic carbocycles. The number of hydrogen-bond donors (Lipinski definition) is 0. The molecule has 1 unspecified atom stereocenters. The summed E-state index contributed by atoms with van der Waals surface area (Å²) in [5.41, 5.74) is 2.77. The summed E-state index contributed by atoms with van der Waals surface area (Å²) < 4.78 is 2.37. The number of nitrogens with zero attached hydrogens (tertiary/aromatic N) is 3. The Morgan fingerprint density at radius 2 is 2.14 bits per heavy atom. The third kappa shape index (κ3) is 2.67. The molecule has 2 heterocycles. The quantitative estimate of drug-likeness (QED) is 0.771. The van der Waals surface area contributed by atoms with Gasteiger partial charge in [0.25, 0.3) is 0 Å². The van der Waals surface area contributed by atoms with Crippen molar-refractivity contribution in [2.75, 3.05) is 5.75 Å². The minimum absolute atomic E-state index is 0.00372. The van der Waals surface area contributed by atoms with Crippen LogP contribution in [0.3, 0.4) is 0 Å². The largest absolute Gasteiger partial charge is 0.322 e. The first-order chi connectivity index (χ1) is 10.0. The van der Waals surface area contributed by atoms with Crippen LogP contribution in [0.1, 0.15) is 56.7 Å². The van der Waals surface area contributed by atoms with Crippen molar-refractivity contribution in [3.05, 3.63) is 29.6 Å². The number of benzene rings is 1. The fourth-order valence-electron chi connectivity index (χ4n) is 3.03.